The zero-order valence-electron chi connectivity index (χ0n) is 19.3. The van der Waals surface area contributed by atoms with Gasteiger partial charge in [0.1, 0.15) is 12.4 Å². The minimum Gasteiger partial charge on any atom is -0.487 e. The lowest BCUT2D eigenvalue weighted by Crippen LogP contribution is -2.24. The number of thiazole rings is 1. The summed E-state index contributed by atoms with van der Waals surface area (Å²) in [4.78, 5) is 30.7. The molecule has 0 aliphatic carbocycles. The smallest absolute Gasteiger partial charge is 0.338 e. The Balaban J connectivity index is 1.73. The Labute approximate surface area is 192 Å². The number of benzene rings is 2. The van der Waals surface area contributed by atoms with Crippen molar-refractivity contribution >= 4 is 34.0 Å². The molecule has 0 N–H and O–H groups in total. The maximum absolute atomic E-state index is 12.5. The molecule has 0 unspecified atom stereocenters. The fourth-order valence-corrected chi connectivity index (χ4v) is 4.36. The van der Waals surface area contributed by atoms with Crippen LogP contribution in [-0.4, -0.2) is 23.0 Å². The van der Waals surface area contributed by atoms with Crippen LogP contribution in [0.25, 0.3) is 0 Å². The Bertz CT molecular complexity index is 1100. The van der Waals surface area contributed by atoms with Gasteiger partial charge in [-0.05, 0) is 70.0 Å². The number of anilines is 2. The first kappa shape index (κ1) is 23.5. The Morgan fingerprint density at radius 1 is 1.06 bits per heavy atom. The SMILES string of the molecule is CC(=O)N(c1nc(COc2ccc(C(=O)OC(C)C)cc2)cs1)c1c(C)cc(C)cc1C. The summed E-state index contributed by atoms with van der Waals surface area (Å²) in [6.45, 7) is 11.5. The van der Waals surface area contributed by atoms with Crippen LogP contribution in [0, 0.1) is 20.8 Å². The molecule has 3 rings (SSSR count). The molecule has 0 aliphatic heterocycles. The Kier molecular flexibility index (Phi) is 7.30. The van der Waals surface area contributed by atoms with E-state index < -0.39 is 0 Å². The van der Waals surface area contributed by atoms with E-state index in [2.05, 4.69) is 17.1 Å². The number of carbonyl (C=O) groups is 2. The second-order valence-corrected chi connectivity index (χ2v) is 8.83. The van der Waals surface area contributed by atoms with E-state index in [1.54, 1.807) is 36.1 Å². The number of rotatable bonds is 7. The lowest BCUT2D eigenvalue weighted by molar-refractivity contribution is -0.115. The van der Waals surface area contributed by atoms with Gasteiger partial charge in [0, 0.05) is 12.3 Å². The van der Waals surface area contributed by atoms with Gasteiger partial charge in [0.2, 0.25) is 5.91 Å². The lowest BCUT2D eigenvalue weighted by atomic mass is 10.0. The Morgan fingerprint density at radius 3 is 2.25 bits per heavy atom. The fourth-order valence-electron chi connectivity index (χ4n) is 3.50. The van der Waals surface area contributed by atoms with Crippen LogP contribution in [0.5, 0.6) is 5.75 Å². The summed E-state index contributed by atoms with van der Waals surface area (Å²) >= 11 is 1.40. The standard InChI is InChI=1S/C25H28N2O4S/c1-15(2)31-24(29)20-7-9-22(10-8-20)30-13-21-14-32-25(26-21)27(19(6)28)23-17(4)11-16(3)12-18(23)5/h7-12,14-15H,13H2,1-6H3. The highest BCUT2D eigenvalue weighted by Crippen LogP contribution is 2.34. The maximum atomic E-state index is 12.5. The van der Waals surface area contributed by atoms with Gasteiger partial charge in [-0.15, -0.1) is 11.3 Å². The topological polar surface area (TPSA) is 68.7 Å². The summed E-state index contributed by atoms with van der Waals surface area (Å²) in [6, 6.07) is 10.9. The summed E-state index contributed by atoms with van der Waals surface area (Å²) in [5.41, 5.74) is 5.28. The van der Waals surface area contributed by atoms with E-state index in [9.17, 15) is 9.59 Å². The molecule has 32 heavy (non-hydrogen) atoms. The van der Waals surface area contributed by atoms with Crippen LogP contribution in [0.1, 0.15) is 53.5 Å². The highest BCUT2D eigenvalue weighted by atomic mass is 32.1. The minimum atomic E-state index is -0.360. The molecule has 1 amide bonds. The number of nitrogens with zero attached hydrogens (tertiary/aromatic N) is 2. The van der Waals surface area contributed by atoms with E-state index in [1.165, 1.54) is 11.3 Å². The highest BCUT2D eigenvalue weighted by molar-refractivity contribution is 7.14. The largest absolute Gasteiger partial charge is 0.487 e. The van der Waals surface area contributed by atoms with Crippen molar-refractivity contribution in [1.82, 2.24) is 4.98 Å². The second kappa shape index (κ2) is 9.96. The van der Waals surface area contributed by atoms with E-state index in [-0.39, 0.29) is 24.6 Å². The van der Waals surface area contributed by atoms with Crippen LogP contribution >= 0.6 is 11.3 Å². The number of carbonyl (C=O) groups excluding carboxylic acids is 2. The molecule has 0 bridgehead atoms. The zero-order valence-corrected chi connectivity index (χ0v) is 20.1. The molecule has 0 fully saturated rings. The number of hydrogen-bond acceptors (Lipinski definition) is 6. The van der Waals surface area contributed by atoms with Crippen molar-refractivity contribution in [3.8, 4) is 5.75 Å². The van der Waals surface area contributed by atoms with Crippen molar-refractivity contribution in [2.45, 2.75) is 54.3 Å². The van der Waals surface area contributed by atoms with Gasteiger partial charge < -0.3 is 9.47 Å². The zero-order chi connectivity index (χ0) is 23.4. The fraction of sp³-hybridized carbons (Fsp3) is 0.320. The number of esters is 1. The molecular formula is C25H28N2O4S. The monoisotopic (exact) mass is 452 g/mol. The molecule has 0 aliphatic rings. The summed E-state index contributed by atoms with van der Waals surface area (Å²) in [5.74, 6) is 0.168. The third-order valence-corrected chi connectivity index (χ3v) is 5.60. The molecule has 0 radical (unpaired) electrons. The lowest BCUT2D eigenvalue weighted by Gasteiger charge is -2.23. The number of amides is 1. The van der Waals surface area contributed by atoms with Crippen LogP contribution in [0.2, 0.25) is 0 Å². The Hall–Kier alpha value is -3.19. The van der Waals surface area contributed by atoms with Crippen molar-refractivity contribution < 1.29 is 19.1 Å². The van der Waals surface area contributed by atoms with Crippen molar-refractivity contribution in [3.63, 3.8) is 0 Å². The molecule has 0 spiro atoms. The molecule has 6 nitrogen and oxygen atoms in total. The molecule has 2 aromatic carbocycles. The molecule has 7 heteroatoms. The molecule has 168 valence electrons. The molecule has 0 atom stereocenters. The average molecular weight is 453 g/mol. The van der Waals surface area contributed by atoms with E-state index in [1.807, 2.05) is 40.0 Å². The third kappa shape index (κ3) is 5.53. The minimum absolute atomic E-state index is 0.0919. The van der Waals surface area contributed by atoms with Gasteiger partial charge in [-0.25, -0.2) is 9.78 Å². The van der Waals surface area contributed by atoms with Crippen molar-refractivity contribution in [2.75, 3.05) is 4.90 Å². The number of aromatic nitrogens is 1. The second-order valence-electron chi connectivity index (χ2n) is 7.99. The van der Waals surface area contributed by atoms with Crippen LogP contribution in [0.4, 0.5) is 10.8 Å². The van der Waals surface area contributed by atoms with E-state index >= 15 is 0 Å². The summed E-state index contributed by atoms with van der Waals surface area (Å²) in [7, 11) is 0. The number of aryl methyl sites for hydroxylation is 3. The van der Waals surface area contributed by atoms with Gasteiger partial charge in [0.25, 0.3) is 0 Å². The first-order valence-electron chi connectivity index (χ1n) is 10.4. The third-order valence-electron chi connectivity index (χ3n) is 4.72. The van der Waals surface area contributed by atoms with Crippen LogP contribution in [0.15, 0.2) is 41.8 Å². The van der Waals surface area contributed by atoms with Gasteiger partial charge in [-0.1, -0.05) is 17.7 Å². The predicted molar refractivity (Wildman–Crippen MR) is 127 cm³/mol. The van der Waals surface area contributed by atoms with E-state index in [0.717, 1.165) is 28.1 Å². The first-order chi connectivity index (χ1) is 15.2. The summed E-state index contributed by atoms with van der Waals surface area (Å²) in [5, 5.41) is 2.50. The van der Waals surface area contributed by atoms with Gasteiger partial charge in [-0.3, -0.25) is 9.69 Å². The Morgan fingerprint density at radius 2 is 1.69 bits per heavy atom. The van der Waals surface area contributed by atoms with Crippen LogP contribution in [0.3, 0.4) is 0 Å². The molecule has 0 saturated heterocycles. The number of hydrogen-bond donors (Lipinski definition) is 0. The van der Waals surface area contributed by atoms with Gasteiger partial charge >= 0.3 is 5.97 Å². The van der Waals surface area contributed by atoms with Gasteiger partial charge in [0.05, 0.1) is 23.0 Å². The predicted octanol–water partition coefficient (Wildman–Crippen LogP) is 5.90. The molecular weight excluding hydrogens is 424 g/mol. The number of ether oxygens (including phenoxy) is 2. The van der Waals surface area contributed by atoms with Crippen molar-refractivity contribution in [3.05, 3.63) is 69.7 Å². The molecule has 1 heterocycles. The van der Waals surface area contributed by atoms with Crippen molar-refractivity contribution in [2.24, 2.45) is 0 Å². The van der Waals surface area contributed by atoms with Crippen LogP contribution in [-0.2, 0) is 16.1 Å². The average Bonchev–Trinajstić information content (AvgIpc) is 3.17. The summed E-state index contributed by atoms with van der Waals surface area (Å²) < 4.78 is 11.0. The van der Waals surface area contributed by atoms with E-state index in [4.69, 9.17) is 9.47 Å². The molecule has 3 aromatic rings. The maximum Gasteiger partial charge on any atom is 0.338 e. The van der Waals surface area contributed by atoms with Crippen molar-refractivity contribution in [1.29, 1.82) is 0 Å². The normalized spacial score (nSPS) is 10.8. The molecule has 1 aromatic heterocycles. The van der Waals surface area contributed by atoms with E-state index in [0.29, 0.717) is 16.4 Å². The quantitative estimate of drug-likeness (QED) is 0.418. The molecule has 0 saturated carbocycles. The van der Waals surface area contributed by atoms with Crippen LogP contribution < -0.4 is 9.64 Å². The van der Waals surface area contributed by atoms with Gasteiger partial charge in [-0.2, -0.15) is 0 Å². The van der Waals surface area contributed by atoms with Gasteiger partial charge in [0.15, 0.2) is 5.13 Å². The first-order valence-corrected chi connectivity index (χ1v) is 11.3. The summed E-state index contributed by atoms with van der Waals surface area (Å²) in [6.07, 6.45) is -0.167. The highest BCUT2D eigenvalue weighted by Gasteiger charge is 2.22.